The maximum Gasteiger partial charge on any atom is 0.260 e. The second kappa shape index (κ2) is 6.60. The van der Waals surface area contributed by atoms with Crippen molar-refractivity contribution < 1.29 is 8.42 Å². The van der Waals surface area contributed by atoms with E-state index in [0.717, 1.165) is 19.3 Å². The Morgan fingerprint density at radius 2 is 2.22 bits per heavy atom. The number of hydrogen-bond acceptors (Lipinski definition) is 5. The normalized spacial score (nSPS) is 13.8. The van der Waals surface area contributed by atoms with E-state index in [0.29, 0.717) is 0 Å². The molecule has 1 aromatic rings. The Morgan fingerprint density at radius 3 is 2.67 bits per heavy atom. The van der Waals surface area contributed by atoms with Crippen molar-refractivity contribution in [2.24, 2.45) is 12.8 Å². The monoisotopic (exact) mass is 339 g/mol. The van der Waals surface area contributed by atoms with Crippen LogP contribution in [0.5, 0.6) is 0 Å². The first-order valence-electron chi connectivity index (χ1n) is 5.70. The molecule has 18 heavy (non-hydrogen) atoms. The van der Waals surface area contributed by atoms with Crippen molar-refractivity contribution in [1.82, 2.24) is 19.7 Å². The Labute approximate surface area is 115 Å². The third-order valence-electron chi connectivity index (χ3n) is 2.50. The van der Waals surface area contributed by atoms with Crippen LogP contribution in [0.25, 0.3) is 0 Å². The Kier molecular flexibility index (Phi) is 5.70. The van der Waals surface area contributed by atoms with Gasteiger partial charge >= 0.3 is 0 Å². The molecule has 0 aliphatic carbocycles. The number of aryl methyl sites for hydroxylation is 1. The van der Waals surface area contributed by atoms with Crippen LogP contribution in [0.3, 0.4) is 0 Å². The second-order valence-electron chi connectivity index (χ2n) is 4.01. The number of aromatic nitrogens is 3. The van der Waals surface area contributed by atoms with Gasteiger partial charge in [-0.15, -0.1) is 5.10 Å². The lowest BCUT2D eigenvalue weighted by Gasteiger charge is -2.16. The molecule has 0 spiro atoms. The van der Waals surface area contributed by atoms with Gasteiger partial charge in [0, 0.05) is 19.6 Å². The van der Waals surface area contributed by atoms with Crippen LogP contribution in [0, 0.1) is 0 Å². The molecule has 9 heteroatoms. The topological polar surface area (TPSA) is 103 Å². The summed E-state index contributed by atoms with van der Waals surface area (Å²) >= 11 is 3.07. The molecule has 0 aliphatic rings. The van der Waals surface area contributed by atoms with Crippen molar-refractivity contribution in [2.75, 3.05) is 6.54 Å². The molecule has 1 rings (SSSR count). The Bertz CT molecular complexity index is 468. The Morgan fingerprint density at radius 1 is 1.56 bits per heavy atom. The molecular formula is C9H18BrN5O2S. The quantitative estimate of drug-likeness (QED) is 0.747. The lowest BCUT2D eigenvalue weighted by molar-refractivity contribution is 0.508. The van der Waals surface area contributed by atoms with Gasteiger partial charge in [0.2, 0.25) is 5.03 Å². The molecule has 0 fully saturated rings. The van der Waals surface area contributed by atoms with E-state index >= 15 is 0 Å². The highest BCUT2D eigenvalue weighted by molar-refractivity contribution is 9.10. The van der Waals surface area contributed by atoms with Crippen molar-refractivity contribution in [3.05, 3.63) is 4.60 Å². The largest absolute Gasteiger partial charge is 0.329 e. The number of nitrogens with zero attached hydrogens (tertiary/aromatic N) is 3. The minimum Gasteiger partial charge on any atom is -0.329 e. The first kappa shape index (κ1) is 15.5. The summed E-state index contributed by atoms with van der Waals surface area (Å²) in [4.78, 5) is 0. The summed E-state index contributed by atoms with van der Waals surface area (Å²) < 4.78 is 28.3. The fourth-order valence-corrected chi connectivity index (χ4v) is 3.94. The third kappa shape index (κ3) is 3.74. The maximum absolute atomic E-state index is 12.2. The molecule has 104 valence electrons. The molecule has 0 saturated carbocycles. The highest BCUT2D eigenvalue weighted by Crippen LogP contribution is 2.18. The van der Waals surface area contributed by atoms with Gasteiger partial charge < -0.3 is 5.73 Å². The molecule has 1 aromatic heterocycles. The molecule has 0 amide bonds. The predicted octanol–water partition coefficient (Wildman–Crippen LogP) is 0.373. The fourth-order valence-electron chi connectivity index (χ4n) is 1.56. The van der Waals surface area contributed by atoms with Crippen LogP contribution < -0.4 is 10.5 Å². The summed E-state index contributed by atoms with van der Waals surface area (Å²) in [6.45, 7) is 2.31. The van der Waals surface area contributed by atoms with Crippen molar-refractivity contribution in [3.63, 3.8) is 0 Å². The van der Waals surface area contributed by atoms with Gasteiger partial charge in [0.15, 0.2) is 4.60 Å². The smallest absolute Gasteiger partial charge is 0.260 e. The number of halogens is 1. The van der Waals surface area contributed by atoms with Gasteiger partial charge in [-0.05, 0) is 22.4 Å². The Hall–Kier alpha value is -0.510. The van der Waals surface area contributed by atoms with Crippen molar-refractivity contribution >= 4 is 26.0 Å². The average Bonchev–Trinajstić information content (AvgIpc) is 2.64. The summed E-state index contributed by atoms with van der Waals surface area (Å²) in [6.07, 6.45) is 2.64. The van der Waals surface area contributed by atoms with Gasteiger partial charge in [0.1, 0.15) is 0 Å². The molecular weight excluding hydrogens is 322 g/mol. The molecule has 0 aromatic carbocycles. The molecule has 0 aliphatic heterocycles. The number of unbranched alkanes of at least 4 members (excludes halogenated alkanes) is 1. The molecule has 1 heterocycles. The van der Waals surface area contributed by atoms with Crippen LogP contribution in [-0.4, -0.2) is 36.0 Å². The third-order valence-corrected chi connectivity index (χ3v) is 4.91. The van der Waals surface area contributed by atoms with Gasteiger partial charge in [-0.2, -0.15) is 0 Å². The van der Waals surface area contributed by atoms with E-state index in [4.69, 9.17) is 5.73 Å². The highest BCUT2D eigenvalue weighted by Gasteiger charge is 2.26. The number of nitrogens with two attached hydrogens (primary N) is 1. The zero-order chi connectivity index (χ0) is 13.8. The van der Waals surface area contributed by atoms with E-state index in [1.165, 1.54) is 11.7 Å². The van der Waals surface area contributed by atoms with Gasteiger partial charge in [0.25, 0.3) is 10.0 Å². The van der Waals surface area contributed by atoms with E-state index in [-0.39, 0.29) is 22.2 Å². The van der Waals surface area contributed by atoms with E-state index in [9.17, 15) is 8.42 Å². The zero-order valence-electron chi connectivity index (χ0n) is 10.4. The number of hydrogen-bond donors (Lipinski definition) is 2. The molecule has 3 N–H and O–H groups in total. The number of rotatable bonds is 7. The second-order valence-corrected chi connectivity index (χ2v) is 6.39. The zero-order valence-corrected chi connectivity index (χ0v) is 12.8. The van der Waals surface area contributed by atoms with E-state index in [1.807, 2.05) is 6.92 Å². The first-order valence-corrected chi connectivity index (χ1v) is 7.97. The van der Waals surface area contributed by atoms with Gasteiger partial charge in [-0.3, -0.25) is 0 Å². The molecule has 0 saturated heterocycles. The SMILES string of the molecule is CCCCC(CN)NS(=O)(=O)c1c(Br)nnn1C. The first-order chi connectivity index (χ1) is 8.42. The average molecular weight is 340 g/mol. The van der Waals surface area contributed by atoms with Crippen LogP contribution in [0.15, 0.2) is 9.63 Å². The summed E-state index contributed by atoms with van der Waals surface area (Å²) in [5.41, 5.74) is 5.57. The van der Waals surface area contributed by atoms with E-state index < -0.39 is 10.0 Å². The minimum absolute atomic E-state index is 0.0115. The highest BCUT2D eigenvalue weighted by atomic mass is 79.9. The van der Waals surface area contributed by atoms with Crippen molar-refractivity contribution in [3.8, 4) is 0 Å². The van der Waals surface area contributed by atoms with E-state index in [2.05, 4.69) is 31.0 Å². The van der Waals surface area contributed by atoms with Gasteiger partial charge in [0.05, 0.1) is 0 Å². The molecule has 1 atom stereocenters. The van der Waals surface area contributed by atoms with Crippen molar-refractivity contribution in [1.29, 1.82) is 0 Å². The summed E-state index contributed by atoms with van der Waals surface area (Å²) in [6, 6.07) is -0.267. The number of nitrogens with one attached hydrogen (secondary N) is 1. The van der Waals surface area contributed by atoms with Gasteiger partial charge in [-0.25, -0.2) is 17.8 Å². The standard InChI is InChI=1S/C9H18BrN5O2S/c1-3-4-5-7(6-11)13-18(16,17)9-8(10)12-14-15(9)2/h7,13H,3-6,11H2,1-2H3. The van der Waals surface area contributed by atoms with Crippen LogP contribution in [0.2, 0.25) is 0 Å². The molecule has 0 bridgehead atoms. The summed E-state index contributed by atoms with van der Waals surface area (Å²) in [7, 11) is -2.14. The van der Waals surface area contributed by atoms with Crippen LogP contribution in [-0.2, 0) is 17.1 Å². The molecule has 1 unspecified atom stereocenters. The van der Waals surface area contributed by atoms with Crippen molar-refractivity contribution in [2.45, 2.75) is 37.3 Å². The fraction of sp³-hybridized carbons (Fsp3) is 0.778. The minimum atomic E-state index is -3.66. The summed E-state index contributed by atoms with van der Waals surface area (Å²) in [5, 5.41) is 7.32. The Balaban J connectivity index is 2.87. The maximum atomic E-state index is 12.2. The summed E-state index contributed by atoms with van der Waals surface area (Å²) in [5.74, 6) is 0. The molecule has 7 nitrogen and oxygen atoms in total. The lowest BCUT2D eigenvalue weighted by atomic mass is 10.1. The predicted molar refractivity (Wildman–Crippen MR) is 71.4 cm³/mol. The number of sulfonamides is 1. The lowest BCUT2D eigenvalue weighted by Crippen LogP contribution is -2.40. The molecule has 0 radical (unpaired) electrons. The van der Waals surface area contributed by atoms with E-state index in [1.54, 1.807) is 0 Å². The van der Waals surface area contributed by atoms with Crippen LogP contribution in [0.1, 0.15) is 26.2 Å². The van der Waals surface area contributed by atoms with Crippen LogP contribution >= 0.6 is 15.9 Å². The van der Waals surface area contributed by atoms with Crippen LogP contribution in [0.4, 0.5) is 0 Å². The van der Waals surface area contributed by atoms with Gasteiger partial charge in [-0.1, -0.05) is 25.0 Å².